The summed E-state index contributed by atoms with van der Waals surface area (Å²) in [6, 6.07) is 27.0. The van der Waals surface area contributed by atoms with E-state index in [-0.39, 0.29) is 18.2 Å². The molecule has 1 amide bonds. The van der Waals surface area contributed by atoms with Crippen LogP contribution in [-0.2, 0) is 27.6 Å². The maximum atomic E-state index is 13.6. The maximum Gasteiger partial charge on any atom is 0.294 e. The molecule has 1 saturated carbocycles. The lowest BCUT2D eigenvalue weighted by Crippen LogP contribution is -2.34. The van der Waals surface area contributed by atoms with Crippen molar-refractivity contribution in [2.45, 2.75) is 44.5 Å². The lowest BCUT2D eigenvalue weighted by Gasteiger charge is -2.27. The van der Waals surface area contributed by atoms with Crippen LogP contribution in [0.2, 0.25) is 0 Å². The summed E-state index contributed by atoms with van der Waals surface area (Å²) in [5, 5.41) is 0. The van der Waals surface area contributed by atoms with E-state index in [2.05, 4.69) is 41.3 Å². The molecule has 0 N–H and O–H groups in total. The zero-order chi connectivity index (χ0) is 29.5. The predicted octanol–water partition coefficient (Wildman–Crippen LogP) is 4.83. The summed E-state index contributed by atoms with van der Waals surface area (Å²) >= 11 is 7.95. The molecule has 216 valence electrons. The van der Waals surface area contributed by atoms with E-state index in [1.807, 2.05) is 48.5 Å². The van der Waals surface area contributed by atoms with Crippen molar-refractivity contribution < 1.29 is 14.3 Å². The third-order valence-corrected chi connectivity index (χ3v) is 11.0. The minimum absolute atomic E-state index is 0.266. The number of carbonyl (C=O) groups excluding carboxylic acids is 2. The number of thiocarbonyl (C=S) groups is 1. The second-order valence-electron chi connectivity index (χ2n) is 10.7. The van der Waals surface area contributed by atoms with Crippen molar-refractivity contribution in [2.75, 3.05) is 4.90 Å². The Hall–Kier alpha value is -3.99. The lowest BCUT2D eigenvalue weighted by atomic mass is 9.96. The summed E-state index contributed by atoms with van der Waals surface area (Å²) in [5.41, 5.74) is 5.28. The van der Waals surface area contributed by atoms with E-state index >= 15 is 0 Å². The average molecular weight is 626 g/mol. The Labute approximate surface area is 261 Å². The van der Waals surface area contributed by atoms with Crippen molar-refractivity contribution in [1.82, 2.24) is 9.47 Å². The molecule has 10 heteroatoms. The van der Waals surface area contributed by atoms with E-state index < -0.39 is 0 Å². The van der Waals surface area contributed by atoms with Gasteiger partial charge in [-0.3, -0.25) is 23.9 Å². The summed E-state index contributed by atoms with van der Waals surface area (Å²) in [5.74, 6) is 0.178. The number of benzene rings is 3. The number of hydrogen-bond acceptors (Lipinski definition) is 8. The Morgan fingerprint density at radius 3 is 2.51 bits per heavy atom. The molecule has 3 aliphatic rings. The molecular weight excluding hydrogens is 599 g/mol. The Balaban J connectivity index is 1.29. The van der Waals surface area contributed by atoms with Gasteiger partial charge in [0, 0.05) is 23.3 Å². The van der Waals surface area contributed by atoms with Crippen LogP contribution in [0.3, 0.4) is 0 Å². The lowest BCUT2D eigenvalue weighted by molar-refractivity contribution is -0.132. The molecule has 2 fully saturated rings. The third kappa shape index (κ3) is 5.03. The van der Waals surface area contributed by atoms with Crippen LogP contribution in [-0.4, -0.2) is 32.2 Å². The minimum Gasteiger partial charge on any atom is -0.446 e. The molecule has 1 aromatic heterocycles. The zero-order valence-electron chi connectivity index (χ0n) is 23.0. The fourth-order valence-corrected chi connectivity index (χ4v) is 8.88. The number of aromatic nitrogens is 1. The number of thioether (sulfide) groups is 1. The summed E-state index contributed by atoms with van der Waals surface area (Å²) in [6.07, 6.45) is 5.35. The standard InChI is InChI=1S/C33H27N3O4S3/c37-20-40-19-35-30(38)28(42-32(35)29-31(39)34(33(41)43-29)18-21-8-3-1-4-9-21)17-22-14-15-27-25(16-22)24-12-7-13-26(24)36(27)23-10-5-2-6-11-23/h1-6,8-11,14-17,20,24,26H,7,12-13,18-19H2. The highest BCUT2D eigenvalue weighted by atomic mass is 32.2. The monoisotopic (exact) mass is 625 g/mol. The molecule has 0 bridgehead atoms. The Morgan fingerprint density at radius 2 is 1.74 bits per heavy atom. The van der Waals surface area contributed by atoms with Crippen molar-refractivity contribution in [2.24, 2.45) is 0 Å². The number of hydrogen-bond donors (Lipinski definition) is 0. The minimum atomic E-state index is -0.319. The molecule has 4 aromatic rings. The topological polar surface area (TPSA) is 71.8 Å². The smallest absolute Gasteiger partial charge is 0.294 e. The molecule has 2 aliphatic heterocycles. The van der Waals surface area contributed by atoms with Gasteiger partial charge in [0.2, 0.25) is 0 Å². The fraction of sp³-hybridized carbons (Fsp3) is 0.212. The number of nitrogens with zero attached hydrogens (tertiary/aromatic N) is 3. The molecular formula is C33H27N3O4S3. The SMILES string of the molecule is O=COCn1c(=C2SC(=S)N(Cc3ccccc3)C2=O)sc(=Cc2ccc3c(c2)C2CCCC2N3c2ccccc2)c1=O. The van der Waals surface area contributed by atoms with Crippen LogP contribution in [0, 0.1) is 0 Å². The highest BCUT2D eigenvalue weighted by molar-refractivity contribution is 8.30. The van der Waals surface area contributed by atoms with Crippen LogP contribution >= 0.6 is 35.3 Å². The number of para-hydroxylation sites is 1. The molecule has 3 heterocycles. The summed E-state index contributed by atoms with van der Waals surface area (Å²) in [4.78, 5) is 42.6. The average Bonchev–Trinajstić information content (AvgIpc) is 3.77. The molecule has 2 unspecified atom stereocenters. The van der Waals surface area contributed by atoms with Crippen LogP contribution in [0.4, 0.5) is 11.4 Å². The van der Waals surface area contributed by atoms with E-state index in [0.717, 1.165) is 24.0 Å². The molecule has 0 spiro atoms. The second-order valence-corrected chi connectivity index (χ2v) is 13.4. The quantitative estimate of drug-likeness (QED) is 0.215. The van der Waals surface area contributed by atoms with Crippen LogP contribution < -0.4 is 19.7 Å². The van der Waals surface area contributed by atoms with E-state index in [1.165, 1.54) is 51.0 Å². The van der Waals surface area contributed by atoms with Gasteiger partial charge in [-0.2, -0.15) is 0 Å². The molecule has 1 saturated heterocycles. The first kappa shape index (κ1) is 27.8. The van der Waals surface area contributed by atoms with Crippen LogP contribution in [0.5, 0.6) is 0 Å². The van der Waals surface area contributed by atoms with Crippen molar-refractivity contribution in [3.63, 3.8) is 0 Å². The normalized spacial score (nSPS) is 21.0. The molecule has 7 rings (SSSR count). The molecule has 43 heavy (non-hydrogen) atoms. The van der Waals surface area contributed by atoms with E-state index in [9.17, 15) is 14.4 Å². The number of thiazole rings is 1. The van der Waals surface area contributed by atoms with Crippen molar-refractivity contribution in [3.8, 4) is 0 Å². The van der Waals surface area contributed by atoms with Crippen molar-refractivity contribution in [1.29, 1.82) is 0 Å². The highest BCUT2D eigenvalue weighted by Gasteiger charge is 2.42. The zero-order valence-corrected chi connectivity index (χ0v) is 25.5. The van der Waals surface area contributed by atoms with E-state index in [0.29, 0.717) is 43.4 Å². The Bertz CT molecular complexity index is 1920. The van der Waals surface area contributed by atoms with Gasteiger partial charge in [0.15, 0.2) is 6.73 Å². The van der Waals surface area contributed by atoms with E-state index in [4.69, 9.17) is 17.0 Å². The molecule has 7 nitrogen and oxygen atoms in total. The van der Waals surface area contributed by atoms with Gasteiger partial charge in [-0.25, -0.2) is 0 Å². The number of ether oxygens (including phenoxy) is 1. The third-order valence-electron chi connectivity index (χ3n) is 8.26. The number of anilines is 2. The first-order valence-corrected chi connectivity index (χ1v) is 16.1. The van der Waals surface area contributed by atoms with Gasteiger partial charge in [-0.1, -0.05) is 85.0 Å². The second kappa shape index (κ2) is 11.6. The van der Waals surface area contributed by atoms with Gasteiger partial charge >= 0.3 is 0 Å². The summed E-state index contributed by atoms with van der Waals surface area (Å²) in [7, 11) is 0. The van der Waals surface area contributed by atoms with Crippen LogP contribution in [0.1, 0.15) is 41.9 Å². The molecule has 0 radical (unpaired) electrons. The van der Waals surface area contributed by atoms with Gasteiger partial charge in [0.05, 0.1) is 11.1 Å². The molecule has 1 aliphatic carbocycles. The maximum absolute atomic E-state index is 13.6. The first-order chi connectivity index (χ1) is 21.0. The fourth-order valence-electron chi connectivity index (χ4n) is 6.38. The molecule has 2 atom stereocenters. The predicted molar refractivity (Wildman–Crippen MR) is 175 cm³/mol. The first-order valence-electron chi connectivity index (χ1n) is 14.1. The van der Waals surface area contributed by atoms with Crippen LogP contribution in [0.15, 0.2) is 83.7 Å². The highest BCUT2D eigenvalue weighted by Crippen LogP contribution is 2.52. The van der Waals surface area contributed by atoms with Crippen molar-refractivity contribution in [3.05, 3.63) is 115 Å². The van der Waals surface area contributed by atoms with E-state index in [1.54, 1.807) is 4.90 Å². The number of carbonyl (C=O) groups is 2. The summed E-state index contributed by atoms with van der Waals surface area (Å²) in [6.45, 7) is 0.353. The van der Waals surface area contributed by atoms with Gasteiger partial charge in [0.25, 0.3) is 17.9 Å². The van der Waals surface area contributed by atoms with Gasteiger partial charge < -0.3 is 9.64 Å². The number of rotatable bonds is 7. The van der Waals surface area contributed by atoms with Crippen LogP contribution in [0.25, 0.3) is 11.0 Å². The number of amides is 1. The van der Waals surface area contributed by atoms with Gasteiger partial charge in [-0.05, 0) is 59.9 Å². The summed E-state index contributed by atoms with van der Waals surface area (Å²) < 4.78 is 7.65. The largest absolute Gasteiger partial charge is 0.446 e. The van der Waals surface area contributed by atoms with Gasteiger partial charge in [-0.15, -0.1) is 11.3 Å². The Morgan fingerprint density at radius 1 is 0.977 bits per heavy atom. The molecule has 3 aromatic carbocycles. The van der Waals surface area contributed by atoms with Crippen molar-refractivity contribution >= 4 is 74.4 Å². The Kier molecular flexibility index (Phi) is 7.50. The number of fused-ring (bicyclic) bond motifs is 3. The van der Waals surface area contributed by atoms with Gasteiger partial charge in [0.1, 0.15) is 13.9 Å².